The standard InChI is InChI=1S/C25H20ClN5O2S/c1-33-20-12-10-16(11-13-20)21-15-34-25(27-21)31-24(32)23(22(30-31)17-6-3-2-4-7-17)29-28-19-9-5-8-18(26)14-19/h2-15,22,28,30H,1H3/b29-23+. The molecule has 9 heteroatoms. The molecule has 1 fully saturated rings. The van der Waals surface area contributed by atoms with E-state index in [1.54, 1.807) is 19.2 Å². The second-order valence-electron chi connectivity index (χ2n) is 7.48. The van der Waals surface area contributed by atoms with Gasteiger partial charge in [0.25, 0.3) is 5.91 Å². The van der Waals surface area contributed by atoms with Gasteiger partial charge in [-0.25, -0.2) is 15.4 Å². The summed E-state index contributed by atoms with van der Waals surface area (Å²) in [5, 5.41) is 8.93. The zero-order valence-electron chi connectivity index (χ0n) is 18.1. The molecule has 0 bridgehead atoms. The Kier molecular flexibility index (Phi) is 6.27. The smallest absolute Gasteiger partial charge is 0.292 e. The van der Waals surface area contributed by atoms with Crippen molar-refractivity contribution in [1.82, 2.24) is 10.4 Å². The van der Waals surface area contributed by atoms with Crippen molar-refractivity contribution in [3.63, 3.8) is 0 Å². The summed E-state index contributed by atoms with van der Waals surface area (Å²) in [7, 11) is 1.63. The van der Waals surface area contributed by atoms with Crippen LogP contribution in [0.4, 0.5) is 10.8 Å². The van der Waals surface area contributed by atoms with Crippen LogP contribution in [-0.4, -0.2) is 23.7 Å². The van der Waals surface area contributed by atoms with Crippen molar-refractivity contribution in [2.75, 3.05) is 17.5 Å². The molecular weight excluding hydrogens is 470 g/mol. The predicted molar refractivity (Wildman–Crippen MR) is 136 cm³/mol. The third-order valence-electron chi connectivity index (χ3n) is 5.29. The zero-order chi connectivity index (χ0) is 23.5. The van der Waals surface area contributed by atoms with Crippen molar-refractivity contribution in [3.8, 4) is 17.0 Å². The highest BCUT2D eigenvalue weighted by Crippen LogP contribution is 2.32. The van der Waals surface area contributed by atoms with Gasteiger partial charge in [-0.05, 0) is 48.0 Å². The summed E-state index contributed by atoms with van der Waals surface area (Å²) in [6, 6.07) is 24.1. The lowest BCUT2D eigenvalue weighted by Gasteiger charge is -2.14. The van der Waals surface area contributed by atoms with Crippen LogP contribution in [0.2, 0.25) is 5.02 Å². The molecule has 1 unspecified atom stereocenters. The summed E-state index contributed by atoms with van der Waals surface area (Å²) in [4.78, 5) is 18.1. The van der Waals surface area contributed by atoms with E-state index in [4.69, 9.17) is 16.3 Å². The molecule has 2 N–H and O–H groups in total. The highest BCUT2D eigenvalue weighted by Gasteiger charge is 2.40. The number of hydrogen-bond acceptors (Lipinski definition) is 7. The van der Waals surface area contributed by atoms with Gasteiger partial charge in [0.15, 0.2) is 5.71 Å². The molecule has 1 saturated heterocycles. The topological polar surface area (TPSA) is 78.9 Å². The van der Waals surface area contributed by atoms with Crippen LogP contribution in [0.15, 0.2) is 89.3 Å². The molecule has 4 aromatic rings. The molecule has 1 atom stereocenters. The summed E-state index contributed by atoms with van der Waals surface area (Å²) < 4.78 is 5.23. The predicted octanol–water partition coefficient (Wildman–Crippen LogP) is 5.53. The van der Waals surface area contributed by atoms with E-state index in [0.717, 1.165) is 22.6 Å². The quantitative estimate of drug-likeness (QED) is 0.348. The van der Waals surface area contributed by atoms with Crippen molar-refractivity contribution in [2.45, 2.75) is 6.04 Å². The number of halogens is 1. The average Bonchev–Trinajstić information content (AvgIpc) is 3.48. The molecule has 0 saturated carbocycles. The summed E-state index contributed by atoms with van der Waals surface area (Å²) in [5.41, 5.74) is 9.87. The average molecular weight is 490 g/mol. The molecule has 170 valence electrons. The molecular formula is C25H20ClN5O2S. The summed E-state index contributed by atoms with van der Waals surface area (Å²) in [5.74, 6) is 0.494. The number of amides is 1. The van der Waals surface area contributed by atoms with Gasteiger partial charge in [0.1, 0.15) is 11.8 Å². The molecule has 0 aliphatic carbocycles. The maximum absolute atomic E-state index is 13.4. The Bertz CT molecular complexity index is 1340. The van der Waals surface area contributed by atoms with E-state index in [1.165, 1.54) is 16.3 Å². The Morgan fingerprint density at radius 1 is 1.09 bits per heavy atom. The number of anilines is 2. The van der Waals surface area contributed by atoms with E-state index in [9.17, 15) is 4.79 Å². The normalized spacial score (nSPS) is 16.8. The third kappa shape index (κ3) is 4.51. The van der Waals surface area contributed by atoms with Crippen LogP contribution >= 0.6 is 22.9 Å². The van der Waals surface area contributed by atoms with Crippen molar-refractivity contribution in [2.24, 2.45) is 5.10 Å². The summed E-state index contributed by atoms with van der Waals surface area (Å²) in [6.07, 6.45) is 0. The fraction of sp³-hybridized carbons (Fsp3) is 0.0800. The second kappa shape index (κ2) is 9.64. The number of methoxy groups -OCH3 is 1. The Morgan fingerprint density at radius 3 is 2.62 bits per heavy atom. The SMILES string of the molecule is COc1ccc(-c2csc(N3NC(c4ccccc4)/C(=N\Nc4cccc(Cl)c4)C3=O)n2)cc1. The first kappa shape index (κ1) is 22.1. The van der Waals surface area contributed by atoms with Gasteiger partial charge >= 0.3 is 0 Å². The lowest BCUT2D eigenvalue weighted by atomic mass is 10.0. The maximum Gasteiger partial charge on any atom is 0.292 e. The molecule has 1 amide bonds. The number of carbonyl (C=O) groups excluding carboxylic acids is 1. The van der Waals surface area contributed by atoms with Gasteiger partial charge in [-0.3, -0.25) is 10.2 Å². The van der Waals surface area contributed by atoms with Gasteiger partial charge < -0.3 is 4.74 Å². The minimum absolute atomic E-state index is 0.279. The fourth-order valence-corrected chi connectivity index (χ4v) is 4.55. The van der Waals surface area contributed by atoms with Crippen molar-refractivity contribution in [1.29, 1.82) is 0 Å². The number of ether oxygens (including phenoxy) is 1. The number of hydrogen-bond donors (Lipinski definition) is 2. The van der Waals surface area contributed by atoms with Gasteiger partial charge in [0.05, 0.1) is 18.5 Å². The number of aromatic nitrogens is 1. The molecule has 1 aliphatic heterocycles. The van der Waals surface area contributed by atoms with E-state index in [0.29, 0.717) is 21.6 Å². The van der Waals surface area contributed by atoms with Crippen molar-refractivity contribution < 1.29 is 9.53 Å². The first-order valence-electron chi connectivity index (χ1n) is 10.5. The molecule has 34 heavy (non-hydrogen) atoms. The minimum atomic E-state index is -0.436. The number of benzene rings is 3. The molecule has 5 rings (SSSR count). The highest BCUT2D eigenvalue weighted by atomic mass is 35.5. The lowest BCUT2D eigenvalue weighted by molar-refractivity contribution is -0.112. The van der Waals surface area contributed by atoms with Crippen molar-refractivity contribution in [3.05, 3.63) is 94.8 Å². The number of hydrazone groups is 1. The van der Waals surface area contributed by atoms with Crippen LogP contribution in [0, 0.1) is 0 Å². The Labute approximate surface area is 205 Å². The van der Waals surface area contributed by atoms with Gasteiger partial charge in [-0.15, -0.1) is 11.3 Å². The molecule has 0 radical (unpaired) electrons. The maximum atomic E-state index is 13.4. The summed E-state index contributed by atoms with van der Waals surface area (Å²) in [6.45, 7) is 0. The zero-order valence-corrected chi connectivity index (χ0v) is 19.7. The number of thiazole rings is 1. The molecule has 7 nitrogen and oxygen atoms in total. The first-order chi connectivity index (χ1) is 16.6. The van der Waals surface area contributed by atoms with E-state index in [-0.39, 0.29) is 5.91 Å². The Hall–Kier alpha value is -3.72. The van der Waals surface area contributed by atoms with Crippen LogP contribution in [0.1, 0.15) is 11.6 Å². The van der Waals surface area contributed by atoms with Crippen LogP contribution in [0.5, 0.6) is 5.75 Å². The van der Waals surface area contributed by atoms with E-state index in [1.807, 2.05) is 72.1 Å². The lowest BCUT2D eigenvalue weighted by Crippen LogP contribution is -2.35. The van der Waals surface area contributed by atoms with Gasteiger partial charge in [-0.2, -0.15) is 5.10 Å². The second-order valence-corrected chi connectivity index (χ2v) is 8.75. The molecule has 1 aromatic heterocycles. The third-order valence-corrected chi connectivity index (χ3v) is 6.35. The minimum Gasteiger partial charge on any atom is -0.497 e. The van der Waals surface area contributed by atoms with Crippen LogP contribution < -0.4 is 20.6 Å². The Morgan fingerprint density at radius 2 is 1.88 bits per heavy atom. The Balaban J connectivity index is 1.45. The number of carbonyl (C=O) groups is 1. The summed E-state index contributed by atoms with van der Waals surface area (Å²) >= 11 is 7.46. The number of hydrazine groups is 1. The van der Waals surface area contributed by atoms with Crippen LogP contribution in [0.25, 0.3) is 11.3 Å². The molecule has 2 heterocycles. The fourth-order valence-electron chi connectivity index (χ4n) is 3.56. The van der Waals surface area contributed by atoms with E-state index < -0.39 is 6.04 Å². The number of rotatable bonds is 6. The molecule has 3 aromatic carbocycles. The van der Waals surface area contributed by atoms with Crippen LogP contribution in [0.3, 0.4) is 0 Å². The number of nitrogens with zero attached hydrogens (tertiary/aromatic N) is 3. The monoisotopic (exact) mass is 489 g/mol. The van der Waals surface area contributed by atoms with E-state index in [2.05, 4.69) is 20.9 Å². The molecule has 1 aliphatic rings. The largest absolute Gasteiger partial charge is 0.497 e. The molecule has 0 spiro atoms. The number of nitrogens with one attached hydrogen (secondary N) is 2. The van der Waals surface area contributed by atoms with Gasteiger partial charge in [0, 0.05) is 16.0 Å². The van der Waals surface area contributed by atoms with Gasteiger partial charge in [-0.1, -0.05) is 48.0 Å². The van der Waals surface area contributed by atoms with Crippen LogP contribution in [-0.2, 0) is 4.79 Å². The first-order valence-corrected chi connectivity index (χ1v) is 11.7. The van der Waals surface area contributed by atoms with Gasteiger partial charge in [0.2, 0.25) is 5.13 Å². The van der Waals surface area contributed by atoms with E-state index >= 15 is 0 Å². The highest BCUT2D eigenvalue weighted by molar-refractivity contribution is 7.14. The van der Waals surface area contributed by atoms with Crippen molar-refractivity contribution >= 4 is 45.4 Å².